The number of aliphatic hydroxyl groups excluding tert-OH is 1. The van der Waals surface area contributed by atoms with Crippen molar-refractivity contribution in [3.8, 4) is 5.75 Å². The number of nitrogens with zero attached hydrogens (tertiary/aromatic N) is 2. The van der Waals surface area contributed by atoms with E-state index in [0.717, 1.165) is 22.4 Å². The topological polar surface area (TPSA) is 70.8 Å². The van der Waals surface area contributed by atoms with E-state index in [1.165, 1.54) is 24.3 Å². The maximum Gasteiger partial charge on any atom is 0.159 e. The van der Waals surface area contributed by atoms with E-state index in [1.54, 1.807) is 24.3 Å². The summed E-state index contributed by atoms with van der Waals surface area (Å²) in [7, 11) is 0. The van der Waals surface area contributed by atoms with Crippen LogP contribution in [-0.4, -0.2) is 47.5 Å². The molecule has 0 bridgehead atoms. The number of aromatic nitrogens is 1. The fraction of sp³-hybridized carbons (Fsp3) is 0.324. The van der Waals surface area contributed by atoms with Gasteiger partial charge in [-0.3, -0.25) is 4.90 Å². The number of β-amino-alcohol motifs (C(OH)–C–C–N with tert-alkyl or cyclic N) is 1. The van der Waals surface area contributed by atoms with Crippen LogP contribution in [0.2, 0.25) is 0 Å². The summed E-state index contributed by atoms with van der Waals surface area (Å²) in [5.41, 5.74) is 2.89. The lowest BCUT2D eigenvalue weighted by molar-refractivity contribution is -0.0178. The highest BCUT2D eigenvalue weighted by Crippen LogP contribution is 2.42. The third-order valence-corrected chi connectivity index (χ3v) is 7.93. The van der Waals surface area contributed by atoms with Crippen LogP contribution >= 0.6 is 0 Å². The normalized spacial score (nSPS) is 20.3. The van der Waals surface area contributed by atoms with Crippen molar-refractivity contribution >= 4 is 12.2 Å². The minimum atomic E-state index is -0.809. The van der Waals surface area contributed by atoms with Crippen LogP contribution in [0.4, 0.5) is 8.78 Å². The number of halogens is 2. The summed E-state index contributed by atoms with van der Waals surface area (Å²) in [5, 5.41) is 18.9. The molecular formula is C34H37F2N3O3. The Morgan fingerprint density at radius 1 is 1.05 bits per heavy atom. The molecule has 220 valence electrons. The summed E-state index contributed by atoms with van der Waals surface area (Å²) in [5.74, 6) is 0.948. The Bertz CT molecular complexity index is 1490. The molecule has 3 aromatic carbocycles. The van der Waals surface area contributed by atoms with Crippen LogP contribution in [-0.2, 0) is 5.54 Å². The molecule has 42 heavy (non-hydrogen) atoms. The molecule has 2 N–H and O–H groups in total. The molecular weight excluding hydrogens is 536 g/mol. The van der Waals surface area contributed by atoms with Gasteiger partial charge in [-0.05, 0) is 66.5 Å². The number of piperazine rings is 1. The monoisotopic (exact) mass is 573 g/mol. The van der Waals surface area contributed by atoms with Gasteiger partial charge in [0.15, 0.2) is 5.76 Å². The largest absolute Gasteiger partial charge is 0.490 e. The summed E-state index contributed by atoms with van der Waals surface area (Å²) in [6.45, 7) is 7.91. The summed E-state index contributed by atoms with van der Waals surface area (Å²) in [4.78, 5) is 2.20. The molecule has 3 unspecified atom stereocenters. The Labute approximate surface area is 245 Å². The van der Waals surface area contributed by atoms with E-state index in [2.05, 4.69) is 36.1 Å². The number of hydrogen-bond donors (Lipinski definition) is 2. The Kier molecular flexibility index (Phi) is 9.16. The molecule has 0 aliphatic carbocycles. The van der Waals surface area contributed by atoms with Crippen LogP contribution in [0.3, 0.4) is 0 Å². The molecule has 1 aliphatic heterocycles. The zero-order valence-electron chi connectivity index (χ0n) is 24.1. The maximum atomic E-state index is 13.9. The van der Waals surface area contributed by atoms with E-state index >= 15 is 0 Å². The van der Waals surface area contributed by atoms with Gasteiger partial charge in [-0.15, -0.1) is 0 Å². The Morgan fingerprint density at radius 3 is 2.43 bits per heavy atom. The van der Waals surface area contributed by atoms with Gasteiger partial charge < -0.3 is 19.7 Å². The molecule has 6 nitrogen and oxygen atoms in total. The van der Waals surface area contributed by atoms with Crippen LogP contribution in [0.15, 0.2) is 83.4 Å². The highest BCUT2D eigenvalue weighted by Gasteiger charge is 2.45. The lowest BCUT2D eigenvalue weighted by Gasteiger charge is -2.51. The number of para-hydroxylation sites is 1. The molecule has 0 spiro atoms. The molecule has 0 amide bonds. The molecule has 8 heteroatoms. The van der Waals surface area contributed by atoms with Crippen LogP contribution in [0.25, 0.3) is 12.2 Å². The number of benzene rings is 3. The van der Waals surface area contributed by atoms with Crippen molar-refractivity contribution in [2.75, 3.05) is 26.2 Å². The summed E-state index contributed by atoms with van der Waals surface area (Å²) < 4.78 is 39.2. The van der Waals surface area contributed by atoms with E-state index in [-0.39, 0.29) is 30.2 Å². The Morgan fingerprint density at radius 2 is 1.74 bits per heavy atom. The van der Waals surface area contributed by atoms with Gasteiger partial charge >= 0.3 is 0 Å². The molecule has 0 radical (unpaired) electrons. The van der Waals surface area contributed by atoms with Crippen molar-refractivity contribution in [3.05, 3.63) is 119 Å². The Hall–Kier alpha value is -3.85. The van der Waals surface area contributed by atoms with Crippen LogP contribution in [0.5, 0.6) is 5.75 Å². The number of rotatable bonds is 10. The lowest BCUT2D eigenvalue weighted by Crippen LogP contribution is -2.60. The van der Waals surface area contributed by atoms with Gasteiger partial charge in [0.1, 0.15) is 30.1 Å². The Balaban J connectivity index is 1.32. The first-order chi connectivity index (χ1) is 20.2. The van der Waals surface area contributed by atoms with Gasteiger partial charge in [0.2, 0.25) is 0 Å². The van der Waals surface area contributed by atoms with Crippen molar-refractivity contribution in [1.82, 2.24) is 15.4 Å². The zero-order chi connectivity index (χ0) is 29.7. The average molecular weight is 574 g/mol. The number of aliphatic hydroxyl groups is 1. The predicted octanol–water partition coefficient (Wildman–Crippen LogP) is 6.55. The van der Waals surface area contributed by atoms with Crippen molar-refractivity contribution in [2.24, 2.45) is 0 Å². The molecule has 5 rings (SSSR count). The minimum Gasteiger partial charge on any atom is -0.490 e. The molecule has 1 fully saturated rings. The van der Waals surface area contributed by atoms with E-state index < -0.39 is 11.6 Å². The molecule has 0 saturated carbocycles. The first-order valence-corrected chi connectivity index (χ1v) is 14.3. The summed E-state index contributed by atoms with van der Waals surface area (Å²) in [6.07, 6.45) is 2.94. The number of hydrogen-bond acceptors (Lipinski definition) is 6. The van der Waals surface area contributed by atoms with Gasteiger partial charge in [0, 0.05) is 31.3 Å². The summed E-state index contributed by atoms with van der Waals surface area (Å²) >= 11 is 0. The zero-order valence-corrected chi connectivity index (χ0v) is 24.1. The highest BCUT2D eigenvalue weighted by atomic mass is 19.1. The van der Waals surface area contributed by atoms with Crippen molar-refractivity contribution in [1.29, 1.82) is 0 Å². The average Bonchev–Trinajstić information content (AvgIpc) is 3.47. The number of ether oxygens (including phenoxy) is 1. The standard InChI is InChI=1S/C34H37F2N3O3/c1-23(2)31-20-30(42-38-31)17-10-24-6-4-5-7-32(24)41-22-29(40)21-39-19-18-37-33(25-8-13-27(35)14-9-25)34(39,3)26-11-15-28(36)16-12-26/h4-17,20,23,29,33,37,40H,18-19,21-22H2,1-3H3/b17-10+. The van der Waals surface area contributed by atoms with E-state index in [0.29, 0.717) is 31.1 Å². The van der Waals surface area contributed by atoms with Gasteiger partial charge in [-0.2, -0.15) is 0 Å². The first-order valence-electron chi connectivity index (χ1n) is 14.3. The van der Waals surface area contributed by atoms with Gasteiger partial charge in [-0.1, -0.05) is 61.5 Å². The van der Waals surface area contributed by atoms with Crippen LogP contribution in [0.1, 0.15) is 60.9 Å². The van der Waals surface area contributed by atoms with E-state index in [9.17, 15) is 13.9 Å². The van der Waals surface area contributed by atoms with Gasteiger partial charge in [0.25, 0.3) is 0 Å². The molecule has 3 atom stereocenters. The fourth-order valence-electron chi connectivity index (χ4n) is 5.54. The van der Waals surface area contributed by atoms with Crippen LogP contribution in [0, 0.1) is 11.6 Å². The van der Waals surface area contributed by atoms with Crippen molar-refractivity contribution in [2.45, 2.75) is 44.4 Å². The lowest BCUT2D eigenvalue weighted by atomic mass is 9.77. The fourth-order valence-corrected chi connectivity index (χ4v) is 5.54. The molecule has 1 saturated heterocycles. The second kappa shape index (κ2) is 13.0. The molecule has 4 aromatic rings. The van der Waals surface area contributed by atoms with Gasteiger partial charge in [0.05, 0.1) is 17.3 Å². The van der Waals surface area contributed by atoms with Crippen molar-refractivity contribution in [3.63, 3.8) is 0 Å². The third kappa shape index (κ3) is 6.62. The smallest absolute Gasteiger partial charge is 0.159 e. The minimum absolute atomic E-state index is 0.0787. The summed E-state index contributed by atoms with van der Waals surface area (Å²) in [6, 6.07) is 22.2. The second-order valence-electron chi connectivity index (χ2n) is 11.2. The SMILES string of the molecule is CC(C)c1cc(/C=C/c2ccccc2OCC(O)CN2CCNC(c3ccc(F)cc3)C2(C)c2ccc(F)cc2)on1. The first kappa shape index (κ1) is 29.6. The molecule has 2 heterocycles. The van der Waals surface area contributed by atoms with Crippen molar-refractivity contribution < 1.29 is 23.1 Å². The van der Waals surface area contributed by atoms with Crippen LogP contribution < -0.4 is 10.1 Å². The number of nitrogens with one attached hydrogen (secondary N) is 1. The van der Waals surface area contributed by atoms with Gasteiger partial charge in [-0.25, -0.2) is 8.78 Å². The van der Waals surface area contributed by atoms with E-state index in [4.69, 9.17) is 9.26 Å². The van der Waals surface area contributed by atoms with E-state index in [1.807, 2.05) is 42.5 Å². The quantitative estimate of drug-likeness (QED) is 0.224. The highest BCUT2D eigenvalue weighted by molar-refractivity contribution is 5.70. The molecule has 1 aliphatic rings. The predicted molar refractivity (Wildman–Crippen MR) is 160 cm³/mol. The third-order valence-electron chi connectivity index (χ3n) is 7.93. The second-order valence-corrected chi connectivity index (χ2v) is 11.2. The maximum absolute atomic E-state index is 13.9. The molecule has 1 aromatic heterocycles.